The Kier molecular flexibility index (Phi) is 6.04. The second-order valence-corrected chi connectivity index (χ2v) is 6.66. The van der Waals surface area contributed by atoms with Gasteiger partial charge in [-0.05, 0) is 37.6 Å². The molecule has 1 atom stereocenters. The third-order valence-corrected chi connectivity index (χ3v) is 5.00. The highest BCUT2D eigenvalue weighted by molar-refractivity contribution is 7.18. The number of thiophene rings is 1. The van der Waals surface area contributed by atoms with Gasteiger partial charge in [-0.25, -0.2) is 0 Å². The standard InChI is InChI=1S/C16H19N3O3S.ClH/c1-10-8-13(18-15(20)12-4-3-7-22-12)23-14(10)16(21)19-6-5-17-9-11(19)2;/h3-4,7-8,11,17H,5-6,9H2,1-2H3,(H,18,20);1H. The number of amides is 2. The summed E-state index contributed by atoms with van der Waals surface area (Å²) in [5.41, 5.74) is 0.875. The van der Waals surface area contributed by atoms with E-state index in [0.29, 0.717) is 16.4 Å². The summed E-state index contributed by atoms with van der Waals surface area (Å²) in [5.74, 6) is -0.0366. The predicted octanol–water partition coefficient (Wildman–Crippen LogP) is 2.76. The number of piperazine rings is 1. The van der Waals surface area contributed by atoms with Crippen molar-refractivity contribution in [3.63, 3.8) is 0 Å². The van der Waals surface area contributed by atoms with Crippen LogP contribution in [-0.4, -0.2) is 42.4 Å². The Labute approximate surface area is 150 Å². The summed E-state index contributed by atoms with van der Waals surface area (Å²) in [6.07, 6.45) is 1.45. The van der Waals surface area contributed by atoms with Crippen molar-refractivity contribution in [3.8, 4) is 0 Å². The normalized spacial score (nSPS) is 17.2. The molecule has 3 heterocycles. The Morgan fingerprint density at radius 2 is 2.25 bits per heavy atom. The van der Waals surface area contributed by atoms with Crippen LogP contribution in [0.15, 0.2) is 28.9 Å². The summed E-state index contributed by atoms with van der Waals surface area (Å²) in [7, 11) is 0. The number of nitrogens with one attached hydrogen (secondary N) is 2. The fourth-order valence-corrected chi connectivity index (χ4v) is 3.63. The number of rotatable bonds is 3. The third kappa shape index (κ3) is 3.80. The van der Waals surface area contributed by atoms with E-state index in [1.807, 2.05) is 24.8 Å². The van der Waals surface area contributed by atoms with E-state index in [2.05, 4.69) is 10.6 Å². The maximum absolute atomic E-state index is 12.7. The first-order valence-electron chi connectivity index (χ1n) is 7.53. The predicted molar refractivity (Wildman–Crippen MR) is 96.3 cm³/mol. The zero-order valence-electron chi connectivity index (χ0n) is 13.5. The van der Waals surface area contributed by atoms with Crippen molar-refractivity contribution in [2.75, 3.05) is 25.0 Å². The zero-order valence-corrected chi connectivity index (χ0v) is 15.1. The quantitative estimate of drug-likeness (QED) is 0.872. The van der Waals surface area contributed by atoms with E-state index in [4.69, 9.17) is 4.42 Å². The Hall–Kier alpha value is -1.83. The average Bonchev–Trinajstić information content (AvgIpc) is 3.17. The molecule has 0 saturated carbocycles. The molecule has 3 rings (SSSR count). The molecule has 130 valence electrons. The SMILES string of the molecule is Cc1cc(NC(=O)c2ccco2)sc1C(=O)N1CCNCC1C.Cl. The van der Waals surface area contributed by atoms with E-state index < -0.39 is 0 Å². The number of carbonyl (C=O) groups excluding carboxylic acids is 2. The summed E-state index contributed by atoms with van der Waals surface area (Å²) in [4.78, 5) is 27.3. The van der Waals surface area contributed by atoms with Crippen LogP contribution in [0.3, 0.4) is 0 Å². The molecule has 8 heteroatoms. The van der Waals surface area contributed by atoms with Gasteiger partial charge in [0.1, 0.15) is 0 Å². The van der Waals surface area contributed by atoms with Crippen LogP contribution in [-0.2, 0) is 0 Å². The lowest BCUT2D eigenvalue weighted by Crippen LogP contribution is -2.52. The van der Waals surface area contributed by atoms with Crippen LogP contribution < -0.4 is 10.6 Å². The van der Waals surface area contributed by atoms with Gasteiger partial charge < -0.3 is 20.0 Å². The third-order valence-electron chi connectivity index (χ3n) is 3.86. The van der Waals surface area contributed by atoms with E-state index >= 15 is 0 Å². The molecule has 1 saturated heterocycles. The number of anilines is 1. The number of aryl methyl sites for hydroxylation is 1. The molecule has 0 aliphatic carbocycles. The van der Waals surface area contributed by atoms with Gasteiger partial charge >= 0.3 is 0 Å². The van der Waals surface area contributed by atoms with Gasteiger partial charge in [0, 0.05) is 25.7 Å². The van der Waals surface area contributed by atoms with Gasteiger partial charge in [0.05, 0.1) is 16.1 Å². The number of hydrogen-bond acceptors (Lipinski definition) is 5. The van der Waals surface area contributed by atoms with E-state index in [-0.39, 0.29) is 36.0 Å². The average molecular weight is 370 g/mol. The maximum atomic E-state index is 12.7. The molecule has 2 amide bonds. The van der Waals surface area contributed by atoms with Gasteiger partial charge in [0.2, 0.25) is 0 Å². The molecule has 1 unspecified atom stereocenters. The Balaban J connectivity index is 0.00000208. The van der Waals surface area contributed by atoms with Gasteiger partial charge in [-0.1, -0.05) is 0 Å². The van der Waals surface area contributed by atoms with Crippen molar-refractivity contribution in [2.45, 2.75) is 19.9 Å². The van der Waals surface area contributed by atoms with E-state index in [1.54, 1.807) is 12.1 Å². The molecule has 2 aromatic heterocycles. The number of furan rings is 1. The fourth-order valence-electron chi connectivity index (χ4n) is 2.61. The number of hydrogen-bond donors (Lipinski definition) is 2. The lowest BCUT2D eigenvalue weighted by Gasteiger charge is -2.33. The van der Waals surface area contributed by atoms with Gasteiger partial charge in [-0.3, -0.25) is 9.59 Å². The summed E-state index contributed by atoms with van der Waals surface area (Å²) in [6, 6.07) is 5.25. The van der Waals surface area contributed by atoms with Gasteiger partial charge in [0.25, 0.3) is 11.8 Å². The Bertz CT molecular complexity index is 714. The molecule has 24 heavy (non-hydrogen) atoms. The van der Waals surface area contributed by atoms with Crippen molar-refractivity contribution in [2.24, 2.45) is 0 Å². The minimum Gasteiger partial charge on any atom is -0.459 e. The monoisotopic (exact) mass is 369 g/mol. The van der Waals surface area contributed by atoms with E-state index in [1.165, 1.54) is 17.6 Å². The van der Waals surface area contributed by atoms with Crippen LogP contribution in [0.25, 0.3) is 0 Å². The second-order valence-electron chi connectivity index (χ2n) is 5.61. The van der Waals surface area contributed by atoms with Gasteiger partial charge in [0.15, 0.2) is 5.76 Å². The van der Waals surface area contributed by atoms with Crippen LogP contribution in [0.2, 0.25) is 0 Å². The molecule has 1 aliphatic heterocycles. The van der Waals surface area contributed by atoms with Gasteiger partial charge in [-0.15, -0.1) is 23.7 Å². The molecule has 0 aromatic carbocycles. The molecular weight excluding hydrogens is 350 g/mol. The van der Waals surface area contributed by atoms with Gasteiger partial charge in [-0.2, -0.15) is 0 Å². The molecule has 0 bridgehead atoms. The highest BCUT2D eigenvalue weighted by Gasteiger charge is 2.26. The molecule has 0 spiro atoms. The Morgan fingerprint density at radius 1 is 1.46 bits per heavy atom. The lowest BCUT2D eigenvalue weighted by atomic mass is 10.2. The Morgan fingerprint density at radius 3 is 2.92 bits per heavy atom. The zero-order chi connectivity index (χ0) is 16.4. The summed E-state index contributed by atoms with van der Waals surface area (Å²) in [5, 5.41) is 6.70. The molecular formula is C16H20ClN3O3S. The first-order chi connectivity index (χ1) is 11.1. The minimum absolute atomic E-state index is 0. The smallest absolute Gasteiger partial charge is 0.291 e. The van der Waals surface area contributed by atoms with Crippen molar-refractivity contribution in [1.29, 1.82) is 0 Å². The maximum Gasteiger partial charge on any atom is 0.291 e. The van der Waals surface area contributed by atoms with Crippen molar-refractivity contribution >= 4 is 40.6 Å². The van der Waals surface area contributed by atoms with Crippen molar-refractivity contribution in [3.05, 3.63) is 40.7 Å². The number of nitrogens with zero attached hydrogens (tertiary/aromatic N) is 1. The second kappa shape index (κ2) is 7.83. The topological polar surface area (TPSA) is 74.6 Å². The number of halogens is 1. The fraction of sp³-hybridized carbons (Fsp3) is 0.375. The lowest BCUT2D eigenvalue weighted by molar-refractivity contribution is 0.0660. The van der Waals surface area contributed by atoms with E-state index in [0.717, 1.165) is 18.7 Å². The van der Waals surface area contributed by atoms with Crippen LogP contribution in [0.1, 0.15) is 32.7 Å². The van der Waals surface area contributed by atoms with Crippen LogP contribution >= 0.6 is 23.7 Å². The first-order valence-corrected chi connectivity index (χ1v) is 8.35. The molecule has 2 aromatic rings. The van der Waals surface area contributed by atoms with Crippen molar-refractivity contribution < 1.29 is 14.0 Å². The van der Waals surface area contributed by atoms with E-state index in [9.17, 15) is 9.59 Å². The summed E-state index contributed by atoms with van der Waals surface area (Å²) >= 11 is 1.30. The van der Waals surface area contributed by atoms with Crippen LogP contribution in [0.5, 0.6) is 0 Å². The van der Waals surface area contributed by atoms with Crippen LogP contribution in [0.4, 0.5) is 5.00 Å². The van der Waals surface area contributed by atoms with Crippen LogP contribution in [0, 0.1) is 6.92 Å². The largest absolute Gasteiger partial charge is 0.459 e. The molecule has 6 nitrogen and oxygen atoms in total. The summed E-state index contributed by atoms with van der Waals surface area (Å²) < 4.78 is 5.07. The molecule has 0 radical (unpaired) electrons. The number of carbonyl (C=O) groups is 2. The highest BCUT2D eigenvalue weighted by Crippen LogP contribution is 2.29. The molecule has 1 aliphatic rings. The molecule has 1 fully saturated rings. The minimum atomic E-state index is -0.314. The highest BCUT2D eigenvalue weighted by atomic mass is 35.5. The summed E-state index contributed by atoms with van der Waals surface area (Å²) in [6.45, 7) is 6.23. The van der Waals surface area contributed by atoms with Crippen molar-refractivity contribution in [1.82, 2.24) is 10.2 Å². The molecule has 2 N–H and O–H groups in total. The first kappa shape index (κ1) is 18.5.